The third kappa shape index (κ3) is 2.91. The van der Waals surface area contributed by atoms with Gasteiger partial charge in [-0.1, -0.05) is 24.3 Å². The minimum atomic E-state index is -0.498. The van der Waals surface area contributed by atoms with E-state index < -0.39 is 5.82 Å². The number of nitrogens with zero attached hydrogens (tertiary/aromatic N) is 3. The number of halogens is 1. The number of pyridine rings is 1. The van der Waals surface area contributed by atoms with Crippen molar-refractivity contribution >= 4 is 5.95 Å². The minimum absolute atomic E-state index is 0.160. The highest BCUT2D eigenvalue weighted by atomic mass is 19.1. The second-order valence-corrected chi connectivity index (χ2v) is 6.24. The van der Waals surface area contributed by atoms with Gasteiger partial charge in [0.25, 0.3) is 5.56 Å². The number of aromatic nitrogens is 3. The Morgan fingerprint density at radius 3 is 2.60 bits per heavy atom. The van der Waals surface area contributed by atoms with E-state index >= 15 is 0 Å². The molecule has 0 amide bonds. The molecule has 1 N–H and O–H groups in total. The second kappa shape index (κ2) is 6.12. The van der Waals surface area contributed by atoms with Crippen LogP contribution in [0.5, 0.6) is 0 Å². The summed E-state index contributed by atoms with van der Waals surface area (Å²) in [6, 6.07) is 11.3. The molecule has 5 nitrogen and oxygen atoms in total. The molecule has 126 valence electrons. The van der Waals surface area contributed by atoms with Crippen molar-refractivity contribution in [3.05, 3.63) is 76.1 Å². The predicted molar refractivity (Wildman–Crippen MR) is 93.9 cm³/mol. The van der Waals surface area contributed by atoms with Gasteiger partial charge in [-0.2, -0.15) is 0 Å². The highest BCUT2D eigenvalue weighted by Gasteiger charge is 2.22. The Kier molecular flexibility index (Phi) is 3.80. The molecule has 4 rings (SSSR count). The summed E-state index contributed by atoms with van der Waals surface area (Å²) in [6.07, 6.45) is 4.35. The van der Waals surface area contributed by atoms with E-state index in [1.807, 2.05) is 12.1 Å². The fourth-order valence-electron chi connectivity index (χ4n) is 3.23. The summed E-state index contributed by atoms with van der Waals surface area (Å²) in [5.41, 5.74) is 2.95. The van der Waals surface area contributed by atoms with Crippen molar-refractivity contribution in [1.29, 1.82) is 0 Å². The highest BCUT2D eigenvalue weighted by molar-refractivity contribution is 5.60. The van der Waals surface area contributed by atoms with Crippen molar-refractivity contribution in [1.82, 2.24) is 14.5 Å². The summed E-state index contributed by atoms with van der Waals surface area (Å²) < 4.78 is 15.4. The summed E-state index contributed by atoms with van der Waals surface area (Å²) in [6.45, 7) is 0. The summed E-state index contributed by atoms with van der Waals surface area (Å²) in [4.78, 5) is 20.5. The van der Waals surface area contributed by atoms with Crippen LogP contribution in [0.4, 0.5) is 10.3 Å². The quantitative estimate of drug-likeness (QED) is 0.799. The van der Waals surface area contributed by atoms with Gasteiger partial charge < -0.3 is 5.32 Å². The number of anilines is 1. The molecular weight excluding hydrogens is 319 g/mol. The molecule has 25 heavy (non-hydrogen) atoms. The van der Waals surface area contributed by atoms with Crippen molar-refractivity contribution in [3.8, 4) is 11.3 Å². The van der Waals surface area contributed by atoms with E-state index in [4.69, 9.17) is 0 Å². The number of fused-ring (bicyclic) bond motifs is 1. The average molecular weight is 336 g/mol. The van der Waals surface area contributed by atoms with Crippen molar-refractivity contribution in [2.75, 3.05) is 5.32 Å². The summed E-state index contributed by atoms with van der Waals surface area (Å²) in [7, 11) is 1.66. The first-order valence-electron chi connectivity index (χ1n) is 8.13. The number of hydrogen-bond donors (Lipinski definition) is 1. The lowest BCUT2D eigenvalue weighted by Gasteiger charge is -2.16. The summed E-state index contributed by atoms with van der Waals surface area (Å²) in [5.74, 6) is -0.0565. The molecule has 0 fully saturated rings. The van der Waals surface area contributed by atoms with E-state index in [1.165, 1.54) is 34.0 Å². The third-order valence-corrected chi connectivity index (χ3v) is 4.57. The molecule has 0 atom stereocenters. The maximum absolute atomic E-state index is 14.0. The molecule has 2 heterocycles. The molecule has 1 aliphatic carbocycles. The van der Waals surface area contributed by atoms with Crippen molar-refractivity contribution in [3.63, 3.8) is 0 Å². The van der Waals surface area contributed by atoms with Crippen molar-refractivity contribution in [2.45, 2.75) is 18.9 Å². The standard InChI is InChI=1S/C19H17FN4O/c1-24-18(25)10-17(15-6-7-21-11-16(15)20)23-19(24)22-14-8-12-4-2-3-5-13(12)9-14/h2-7,10-11,14H,8-9H2,1H3,(H,22,23). The van der Waals surface area contributed by atoms with E-state index in [0.717, 1.165) is 19.0 Å². The monoisotopic (exact) mass is 336 g/mol. The molecule has 0 bridgehead atoms. The van der Waals surface area contributed by atoms with E-state index in [1.54, 1.807) is 7.05 Å². The molecule has 0 radical (unpaired) electrons. The second-order valence-electron chi connectivity index (χ2n) is 6.24. The van der Waals surface area contributed by atoms with Crippen LogP contribution in [0.1, 0.15) is 11.1 Å². The smallest absolute Gasteiger partial charge is 0.255 e. The van der Waals surface area contributed by atoms with E-state index in [9.17, 15) is 9.18 Å². The topological polar surface area (TPSA) is 59.8 Å². The molecule has 0 aliphatic heterocycles. The van der Waals surface area contributed by atoms with Gasteiger partial charge >= 0.3 is 0 Å². The fraction of sp³-hybridized carbons (Fsp3) is 0.211. The maximum Gasteiger partial charge on any atom is 0.255 e. The van der Waals surface area contributed by atoms with Crippen molar-refractivity contribution < 1.29 is 4.39 Å². The van der Waals surface area contributed by atoms with Crippen LogP contribution >= 0.6 is 0 Å². The van der Waals surface area contributed by atoms with Crippen LogP contribution < -0.4 is 10.9 Å². The molecule has 0 saturated heterocycles. The SMILES string of the molecule is Cn1c(NC2Cc3ccccc3C2)nc(-c2ccncc2F)cc1=O. The number of nitrogens with one attached hydrogen (secondary N) is 1. The van der Waals surface area contributed by atoms with Crippen LogP contribution in [0.3, 0.4) is 0 Å². The largest absolute Gasteiger partial charge is 0.352 e. The zero-order chi connectivity index (χ0) is 17.4. The van der Waals surface area contributed by atoms with E-state index in [0.29, 0.717) is 11.6 Å². The lowest BCUT2D eigenvalue weighted by molar-refractivity contribution is 0.624. The Morgan fingerprint density at radius 2 is 1.92 bits per heavy atom. The first-order chi connectivity index (χ1) is 12.1. The Hall–Kier alpha value is -3.02. The Morgan fingerprint density at radius 1 is 1.20 bits per heavy atom. The maximum atomic E-state index is 14.0. The molecule has 2 aromatic heterocycles. The van der Waals surface area contributed by atoms with Crippen LogP contribution in [0.25, 0.3) is 11.3 Å². The van der Waals surface area contributed by atoms with Crippen LogP contribution in [0, 0.1) is 5.82 Å². The Bertz CT molecular complexity index is 974. The molecule has 0 saturated carbocycles. The minimum Gasteiger partial charge on any atom is -0.352 e. The van der Waals surface area contributed by atoms with Crippen molar-refractivity contribution in [2.24, 2.45) is 7.05 Å². The van der Waals surface area contributed by atoms with Gasteiger partial charge in [-0.3, -0.25) is 14.3 Å². The predicted octanol–water partition coefficient (Wildman–Crippen LogP) is 2.56. The first kappa shape index (κ1) is 15.5. The van der Waals surface area contributed by atoms with Gasteiger partial charge in [-0.25, -0.2) is 9.37 Å². The molecule has 0 spiro atoms. The molecule has 0 unspecified atom stereocenters. The molecule has 3 aromatic rings. The van der Waals surface area contributed by atoms with Gasteiger partial charge in [0, 0.05) is 30.9 Å². The highest BCUT2D eigenvalue weighted by Crippen LogP contribution is 2.25. The molecule has 1 aliphatic rings. The van der Waals surface area contributed by atoms with Crippen LogP contribution in [-0.4, -0.2) is 20.6 Å². The molecular formula is C19H17FN4O. The van der Waals surface area contributed by atoms with Gasteiger partial charge in [0.2, 0.25) is 5.95 Å². The molecule has 6 heteroatoms. The lowest BCUT2D eigenvalue weighted by Crippen LogP contribution is -2.28. The first-order valence-corrected chi connectivity index (χ1v) is 8.13. The average Bonchev–Trinajstić information content (AvgIpc) is 3.01. The van der Waals surface area contributed by atoms with E-state index in [2.05, 4.69) is 27.4 Å². The van der Waals surface area contributed by atoms with E-state index in [-0.39, 0.29) is 17.2 Å². The van der Waals surface area contributed by atoms with Gasteiger partial charge in [-0.15, -0.1) is 0 Å². The fourth-order valence-corrected chi connectivity index (χ4v) is 3.23. The van der Waals surface area contributed by atoms with Crippen LogP contribution in [0.15, 0.2) is 53.6 Å². The summed E-state index contributed by atoms with van der Waals surface area (Å²) in [5, 5.41) is 3.34. The van der Waals surface area contributed by atoms with Gasteiger partial charge in [0.15, 0.2) is 5.82 Å². The number of hydrogen-bond acceptors (Lipinski definition) is 4. The Labute approximate surface area is 144 Å². The zero-order valence-corrected chi connectivity index (χ0v) is 13.7. The zero-order valence-electron chi connectivity index (χ0n) is 13.7. The number of benzene rings is 1. The van der Waals surface area contributed by atoms with Crippen LogP contribution in [-0.2, 0) is 19.9 Å². The molecule has 1 aromatic carbocycles. The number of rotatable bonds is 3. The third-order valence-electron chi connectivity index (χ3n) is 4.57. The summed E-state index contributed by atoms with van der Waals surface area (Å²) >= 11 is 0. The van der Waals surface area contributed by atoms with Gasteiger partial charge in [-0.05, 0) is 30.0 Å². The van der Waals surface area contributed by atoms with Gasteiger partial charge in [0.1, 0.15) is 0 Å². The van der Waals surface area contributed by atoms with Gasteiger partial charge in [0.05, 0.1) is 11.9 Å². The lowest BCUT2D eigenvalue weighted by atomic mass is 10.1. The Balaban J connectivity index is 1.67. The normalized spacial score (nSPS) is 13.7. The van der Waals surface area contributed by atoms with Crippen LogP contribution in [0.2, 0.25) is 0 Å².